The van der Waals surface area contributed by atoms with Gasteiger partial charge in [-0.25, -0.2) is 19.9 Å². The lowest BCUT2D eigenvalue weighted by molar-refractivity contribution is 0.238. The molecule has 6 heteroatoms. The lowest BCUT2D eigenvalue weighted by Crippen LogP contribution is -2.31. The van der Waals surface area contributed by atoms with E-state index in [-0.39, 0.29) is 0 Å². The van der Waals surface area contributed by atoms with Crippen LogP contribution in [-0.2, 0) is 19.5 Å². The van der Waals surface area contributed by atoms with Gasteiger partial charge in [-0.1, -0.05) is 13.8 Å². The average Bonchev–Trinajstić information content (AvgIpc) is 2.90. The molecule has 1 aliphatic rings. The first-order valence-corrected chi connectivity index (χ1v) is 8.47. The van der Waals surface area contributed by atoms with Crippen LogP contribution in [0.2, 0.25) is 0 Å². The molecule has 0 radical (unpaired) electrons. The van der Waals surface area contributed by atoms with Crippen molar-refractivity contribution < 1.29 is 0 Å². The maximum atomic E-state index is 4.75. The Hall–Kier alpha value is -2.34. The van der Waals surface area contributed by atoms with Crippen molar-refractivity contribution in [3.05, 3.63) is 53.1 Å². The molecule has 24 heavy (non-hydrogen) atoms. The molecule has 124 valence electrons. The van der Waals surface area contributed by atoms with E-state index in [0.29, 0.717) is 5.92 Å². The van der Waals surface area contributed by atoms with Gasteiger partial charge in [0.1, 0.15) is 5.82 Å². The van der Waals surface area contributed by atoms with Crippen LogP contribution in [0.4, 0.5) is 0 Å². The standard InChI is InChI=1S/C18H22N6/c1-12(2)17-20-9-14-10-23(8-5-15(14)22-17)11-16-13(3)21-18-19-6-4-7-24(16)18/h4,6-7,9,12H,5,8,10-11H2,1-3H3. The van der Waals surface area contributed by atoms with Crippen molar-refractivity contribution in [1.82, 2.24) is 29.2 Å². The van der Waals surface area contributed by atoms with Crippen LogP contribution in [0.5, 0.6) is 0 Å². The van der Waals surface area contributed by atoms with Crippen LogP contribution in [-0.4, -0.2) is 35.8 Å². The Balaban J connectivity index is 1.58. The molecule has 0 saturated carbocycles. The maximum absolute atomic E-state index is 4.75. The van der Waals surface area contributed by atoms with Crippen molar-refractivity contribution in [3.8, 4) is 0 Å². The van der Waals surface area contributed by atoms with Gasteiger partial charge < -0.3 is 0 Å². The summed E-state index contributed by atoms with van der Waals surface area (Å²) < 4.78 is 2.09. The molecule has 0 N–H and O–H groups in total. The van der Waals surface area contributed by atoms with Crippen molar-refractivity contribution in [2.75, 3.05) is 6.54 Å². The number of hydrogen-bond donors (Lipinski definition) is 0. The van der Waals surface area contributed by atoms with Gasteiger partial charge in [0.25, 0.3) is 0 Å². The third-order valence-corrected chi connectivity index (χ3v) is 4.62. The molecular formula is C18H22N6. The number of nitrogens with zero attached hydrogens (tertiary/aromatic N) is 6. The molecule has 0 aromatic carbocycles. The summed E-state index contributed by atoms with van der Waals surface area (Å²) in [4.78, 5) is 20.6. The number of imidazole rings is 1. The SMILES string of the molecule is Cc1nc2ncccn2c1CN1CCc2nc(C(C)C)ncc2C1. The van der Waals surface area contributed by atoms with Crippen molar-refractivity contribution in [3.63, 3.8) is 0 Å². The summed E-state index contributed by atoms with van der Waals surface area (Å²) in [5, 5.41) is 0. The van der Waals surface area contributed by atoms with E-state index in [0.717, 1.165) is 43.4 Å². The first kappa shape index (κ1) is 15.2. The Labute approximate surface area is 141 Å². The number of rotatable bonds is 3. The summed E-state index contributed by atoms with van der Waals surface area (Å²) in [5.74, 6) is 2.10. The van der Waals surface area contributed by atoms with Gasteiger partial charge in [0.2, 0.25) is 5.78 Å². The van der Waals surface area contributed by atoms with Crippen LogP contribution in [0.15, 0.2) is 24.7 Å². The Bertz CT molecular complexity index is 882. The topological polar surface area (TPSA) is 59.2 Å². The Morgan fingerprint density at radius 1 is 1.21 bits per heavy atom. The monoisotopic (exact) mass is 322 g/mol. The van der Waals surface area contributed by atoms with E-state index in [1.807, 2.05) is 18.5 Å². The van der Waals surface area contributed by atoms with E-state index in [1.165, 1.54) is 17.0 Å². The quantitative estimate of drug-likeness (QED) is 0.741. The Morgan fingerprint density at radius 3 is 2.92 bits per heavy atom. The molecule has 0 bridgehead atoms. The molecule has 3 aromatic rings. The van der Waals surface area contributed by atoms with Gasteiger partial charge in [-0.15, -0.1) is 0 Å². The predicted molar refractivity (Wildman–Crippen MR) is 91.7 cm³/mol. The highest BCUT2D eigenvalue weighted by atomic mass is 15.2. The summed E-state index contributed by atoms with van der Waals surface area (Å²) in [6, 6.07) is 1.95. The third kappa shape index (κ3) is 2.67. The summed E-state index contributed by atoms with van der Waals surface area (Å²) >= 11 is 0. The molecule has 3 aromatic heterocycles. The second-order valence-electron chi connectivity index (χ2n) is 6.75. The fourth-order valence-electron chi connectivity index (χ4n) is 3.25. The molecule has 0 atom stereocenters. The third-order valence-electron chi connectivity index (χ3n) is 4.62. The molecule has 6 nitrogen and oxygen atoms in total. The van der Waals surface area contributed by atoms with Gasteiger partial charge in [0, 0.05) is 61.8 Å². The van der Waals surface area contributed by atoms with Crippen LogP contribution in [0.3, 0.4) is 0 Å². The summed E-state index contributed by atoms with van der Waals surface area (Å²) in [6.45, 7) is 9.09. The lowest BCUT2D eigenvalue weighted by Gasteiger charge is -2.28. The lowest BCUT2D eigenvalue weighted by atomic mass is 10.1. The van der Waals surface area contributed by atoms with Crippen molar-refractivity contribution in [2.24, 2.45) is 0 Å². The number of fused-ring (bicyclic) bond motifs is 2. The van der Waals surface area contributed by atoms with E-state index >= 15 is 0 Å². The molecule has 0 fully saturated rings. The minimum Gasteiger partial charge on any atom is -0.293 e. The molecule has 0 aliphatic carbocycles. The summed E-state index contributed by atoms with van der Waals surface area (Å²) in [7, 11) is 0. The van der Waals surface area contributed by atoms with Gasteiger partial charge in [-0.2, -0.15) is 0 Å². The highest BCUT2D eigenvalue weighted by molar-refractivity contribution is 5.35. The zero-order valence-electron chi connectivity index (χ0n) is 14.4. The van der Waals surface area contributed by atoms with E-state index < -0.39 is 0 Å². The van der Waals surface area contributed by atoms with E-state index in [9.17, 15) is 0 Å². The smallest absolute Gasteiger partial charge is 0.234 e. The zero-order valence-corrected chi connectivity index (χ0v) is 14.4. The normalized spacial score (nSPS) is 15.2. The highest BCUT2D eigenvalue weighted by Crippen LogP contribution is 2.21. The van der Waals surface area contributed by atoms with Crippen molar-refractivity contribution in [1.29, 1.82) is 0 Å². The fourth-order valence-corrected chi connectivity index (χ4v) is 3.25. The Kier molecular flexibility index (Phi) is 3.76. The molecule has 4 heterocycles. The maximum Gasteiger partial charge on any atom is 0.234 e. The first-order valence-electron chi connectivity index (χ1n) is 8.47. The van der Waals surface area contributed by atoms with E-state index in [2.05, 4.69) is 45.0 Å². The van der Waals surface area contributed by atoms with Gasteiger partial charge in [-0.3, -0.25) is 9.30 Å². The number of hydrogen-bond acceptors (Lipinski definition) is 5. The van der Waals surface area contributed by atoms with Gasteiger partial charge in [0.15, 0.2) is 0 Å². The molecule has 4 rings (SSSR count). The van der Waals surface area contributed by atoms with Gasteiger partial charge in [-0.05, 0) is 13.0 Å². The van der Waals surface area contributed by atoms with Crippen molar-refractivity contribution in [2.45, 2.75) is 46.2 Å². The van der Waals surface area contributed by atoms with Crippen LogP contribution < -0.4 is 0 Å². The average molecular weight is 322 g/mol. The predicted octanol–water partition coefficient (Wildman–Crippen LogP) is 2.51. The van der Waals surface area contributed by atoms with Gasteiger partial charge in [0.05, 0.1) is 11.4 Å². The van der Waals surface area contributed by atoms with E-state index in [4.69, 9.17) is 4.98 Å². The fraction of sp³-hybridized carbons (Fsp3) is 0.444. The first-order chi connectivity index (χ1) is 11.6. The second kappa shape index (κ2) is 5.94. The molecule has 0 spiro atoms. The van der Waals surface area contributed by atoms with Crippen LogP contribution in [0, 0.1) is 6.92 Å². The second-order valence-corrected chi connectivity index (χ2v) is 6.75. The minimum atomic E-state index is 0.377. The molecular weight excluding hydrogens is 300 g/mol. The molecule has 0 unspecified atom stereocenters. The summed E-state index contributed by atoms with van der Waals surface area (Å²) in [6.07, 6.45) is 6.80. The Morgan fingerprint density at radius 2 is 2.08 bits per heavy atom. The van der Waals surface area contributed by atoms with Crippen LogP contribution in [0.25, 0.3) is 5.78 Å². The van der Waals surface area contributed by atoms with Crippen LogP contribution >= 0.6 is 0 Å². The highest BCUT2D eigenvalue weighted by Gasteiger charge is 2.21. The molecule has 1 aliphatic heterocycles. The van der Waals surface area contributed by atoms with Crippen molar-refractivity contribution >= 4 is 5.78 Å². The molecule has 0 amide bonds. The number of aryl methyl sites for hydroxylation is 1. The van der Waals surface area contributed by atoms with E-state index in [1.54, 1.807) is 6.20 Å². The number of aromatic nitrogens is 5. The zero-order chi connectivity index (χ0) is 16.7. The van der Waals surface area contributed by atoms with Crippen LogP contribution in [0.1, 0.15) is 48.2 Å². The molecule has 0 saturated heterocycles. The largest absolute Gasteiger partial charge is 0.293 e. The minimum absolute atomic E-state index is 0.377. The van der Waals surface area contributed by atoms with Gasteiger partial charge >= 0.3 is 0 Å². The summed E-state index contributed by atoms with van der Waals surface area (Å²) in [5.41, 5.74) is 4.71.